The minimum Gasteiger partial charge on any atom is -0.338 e. The summed E-state index contributed by atoms with van der Waals surface area (Å²) < 4.78 is 29.2. The van der Waals surface area contributed by atoms with Crippen molar-refractivity contribution in [3.8, 4) is 11.4 Å². The quantitative estimate of drug-likeness (QED) is 0.335. The van der Waals surface area contributed by atoms with Crippen molar-refractivity contribution in [3.05, 3.63) is 117 Å². The van der Waals surface area contributed by atoms with Gasteiger partial charge in [0.25, 0.3) is 11.5 Å². The highest BCUT2D eigenvalue weighted by atomic mass is 35.5. The molecule has 5 aromatic rings. The van der Waals surface area contributed by atoms with Crippen LogP contribution in [0.5, 0.6) is 0 Å². The van der Waals surface area contributed by atoms with Gasteiger partial charge in [0.2, 0.25) is 0 Å². The predicted molar refractivity (Wildman–Crippen MR) is 131 cm³/mol. The number of amides is 1. The van der Waals surface area contributed by atoms with E-state index in [0.29, 0.717) is 22.1 Å². The molecule has 0 saturated carbocycles. The van der Waals surface area contributed by atoms with Gasteiger partial charge < -0.3 is 14.9 Å². The van der Waals surface area contributed by atoms with Crippen LogP contribution in [-0.4, -0.2) is 20.4 Å². The number of rotatable bonds is 5. The van der Waals surface area contributed by atoms with E-state index < -0.39 is 23.1 Å². The standard InChI is InChI=1S/C26H17ClF2N4O2/c27-19-11-10-15(13-17(19)24-31-22-8-1-2-9-23(22)32-24)30-25(34)16-5-4-12-33(26(16)35)14-18-20(28)6-3-7-21(18)29/h1-13H,14H2,(H,30,34)(H,31,32). The number of aromatic amines is 1. The number of aromatic nitrogens is 3. The molecule has 174 valence electrons. The van der Waals surface area contributed by atoms with E-state index in [1.807, 2.05) is 24.3 Å². The lowest BCUT2D eigenvalue weighted by Gasteiger charge is -2.11. The Labute approximate surface area is 202 Å². The van der Waals surface area contributed by atoms with Crippen LogP contribution in [0.1, 0.15) is 15.9 Å². The molecule has 2 heterocycles. The van der Waals surface area contributed by atoms with Crippen molar-refractivity contribution in [3.63, 3.8) is 0 Å². The van der Waals surface area contributed by atoms with Gasteiger partial charge in [-0.1, -0.05) is 29.8 Å². The van der Waals surface area contributed by atoms with Crippen molar-refractivity contribution in [2.45, 2.75) is 6.54 Å². The van der Waals surface area contributed by atoms with Gasteiger partial charge in [-0.15, -0.1) is 0 Å². The van der Waals surface area contributed by atoms with E-state index in [1.54, 1.807) is 18.2 Å². The van der Waals surface area contributed by atoms with Gasteiger partial charge in [0.1, 0.15) is 23.0 Å². The van der Waals surface area contributed by atoms with Crippen LogP contribution in [0.4, 0.5) is 14.5 Å². The highest BCUT2D eigenvalue weighted by molar-refractivity contribution is 6.33. The molecular formula is C26H17ClF2N4O2. The zero-order valence-corrected chi connectivity index (χ0v) is 18.8. The maximum absolute atomic E-state index is 14.0. The summed E-state index contributed by atoms with van der Waals surface area (Å²) in [7, 11) is 0. The van der Waals surface area contributed by atoms with Crippen molar-refractivity contribution in [1.82, 2.24) is 14.5 Å². The number of pyridine rings is 1. The van der Waals surface area contributed by atoms with Crippen LogP contribution in [-0.2, 0) is 6.54 Å². The van der Waals surface area contributed by atoms with Crippen LogP contribution in [0.25, 0.3) is 22.4 Å². The minimum atomic E-state index is -0.772. The smallest absolute Gasteiger partial charge is 0.263 e. The van der Waals surface area contributed by atoms with Crippen LogP contribution in [0.2, 0.25) is 5.02 Å². The number of anilines is 1. The second-order valence-corrected chi connectivity index (χ2v) is 8.21. The molecule has 9 heteroatoms. The Bertz CT molecular complexity index is 1590. The minimum absolute atomic E-state index is 0.176. The summed E-state index contributed by atoms with van der Waals surface area (Å²) in [5.41, 5.74) is 1.45. The first-order valence-corrected chi connectivity index (χ1v) is 11.0. The maximum Gasteiger partial charge on any atom is 0.263 e. The molecule has 0 atom stereocenters. The van der Waals surface area contributed by atoms with Crippen LogP contribution >= 0.6 is 11.6 Å². The molecule has 6 nitrogen and oxygen atoms in total. The molecule has 0 bridgehead atoms. The fourth-order valence-corrected chi connectivity index (χ4v) is 3.96. The van der Waals surface area contributed by atoms with Crippen LogP contribution < -0.4 is 10.9 Å². The van der Waals surface area contributed by atoms with Crippen molar-refractivity contribution in [1.29, 1.82) is 0 Å². The number of fused-ring (bicyclic) bond motifs is 1. The molecule has 0 radical (unpaired) electrons. The number of H-pyrrole nitrogens is 1. The monoisotopic (exact) mass is 490 g/mol. The SMILES string of the molecule is O=C(Nc1ccc(Cl)c(-c2nc3ccccc3[nH]2)c1)c1cccn(Cc2c(F)cccc2F)c1=O. The summed E-state index contributed by atoms with van der Waals surface area (Å²) in [6.07, 6.45) is 1.37. The number of carbonyl (C=O) groups is 1. The molecule has 0 fully saturated rings. The van der Waals surface area contributed by atoms with E-state index in [2.05, 4.69) is 15.3 Å². The highest BCUT2D eigenvalue weighted by Gasteiger charge is 2.17. The van der Waals surface area contributed by atoms with Crippen molar-refractivity contribution in [2.75, 3.05) is 5.32 Å². The molecule has 0 aliphatic rings. The first-order valence-electron chi connectivity index (χ1n) is 10.6. The Balaban J connectivity index is 1.43. The highest BCUT2D eigenvalue weighted by Crippen LogP contribution is 2.30. The lowest BCUT2D eigenvalue weighted by molar-refractivity contribution is 0.102. The van der Waals surface area contributed by atoms with Gasteiger partial charge in [0.15, 0.2) is 0 Å². The summed E-state index contributed by atoms with van der Waals surface area (Å²) in [4.78, 5) is 33.5. The van der Waals surface area contributed by atoms with Crippen LogP contribution in [0, 0.1) is 11.6 Å². The van der Waals surface area contributed by atoms with Gasteiger partial charge in [-0.25, -0.2) is 13.8 Å². The third-order valence-electron chi connectivity index (χ3n) is 5.52. The summed E-state index contributed by atoms with van der Waals surface area (Å²) in [5, 5.41) is 3.11. The summed E-state index contributed by atoms with van der Waals surface area (Å²) in [5.74, 6) is -1.69. The van der Waals surface area contributed by atoms with E-state index in [4.69, 9.17) is 11.6 Å². The Morgan fingerprint density at radius 2 is 1.77 bits per heavy atom. The molecule has 5 rings (SSSR count). The van der Waals surface area contributed by atoms with E-state index in [9.17, 15) is 18.4 Å². The predicted octanol–water partition coefficient (Wildman–Crippen LogP) is 5.62. The molecule has 0 aliphatic heterocycles. The van der Waals surface area contributed by atoms with Gasteiger partial charge in [0.05, 0.1) is 22.6 Å². The molecule has 0 unspecified atom stereocenters. The molecule has 0 saturated heterocycles. The van der Waals surface area contributed by atoms with Gasteiger partial charge >= 0.3 is 0 Å². The Kier molecular flexibility index (Phi) is 5.88. The summed E-state index contributed by atoms with van der Waals surface area (Å²) >= 11 is 6.37. The van der Waals surface area contributed by atoms with Gasteiger partial charge in [-0.3, -0.25) is 9.59 Å². The fraction of sp³-hybridized carbons (Fsp3) is 0.0385. The summed E-state index contributed by atoms with van der Waals surface area (Å²) in [6.45, 7) is -0.352. The van der Waals surface area contributed by atoms with Crippen molar-refractivity contribution < 1.29 is 13.6 Å². The first-order chi connectivity index (χ1) is 16.9. The molecule has 2 N–H and O–H groups in total. The molecular weight excluding hydrogens is 474 g/mol. The van der Waals surface area contributed by atoms with Crippen molar-refractivity contribution in [2.24, 2.45) is 0 Å². The number of nitrogens with zero attached hydrogens (tertiary/aromatic N) is 2. The normalized spacial score (nSPS) is 11.1. The second kappa shape index (κ2) is 9.15. The average molecular weight is 491 g/mol. The zero-order chi connectivity index (χ0) is 24.5. The number of hydrogen-bond acceptors (Lipinski definition) is 3. The van der Waals surface area contributed by atoms with E-state index >= 15 is 0 Å². The molecule has 3 aromatic carbocycles. The number of carbonyl (C=O) groups excluding carboxylic acids is 1. The zero-order valence-electron chi connectivity index (χ0n) is 18.1. The van der Waals surface area contributed by atoms with E-state index in [-0.39, 0.29) is 17.7 Å². The number of hydrogen-bond donors (Lipinski definition) is 2. The Hall–Kier alpha value is -4.30. The number of para-hydroxylation sites is 2. The first kappa shape index (κ1) is 22.5. The van der Waals surface area contributed by atoms with Gasteiger partial charge in [0, 0.05) is 23.0 Å². The Morgan fingerprint density at radius 1 is 1.00 bits per heavy atom. The van der Waals surface area contributed by atoms with Crippen LogP contribution in [0.15, 0.2) is 83.8 Å². The average Bonchev–Trinajstić information content (AvgIpc) is 3.28. The van der Waals surface area contributed by atoms with Crippen LogP contribution in [0.3, 0.4) is 0 Å². The number of imidazole rings is 1. The molecule has 35 heavy (non-hydrogen) atoms. The molecule has 2 aromatic heterocycles. The topological polar surface area (TPSA) is 79.8 Å². The molecule has 1 amide bonds. The van der Waals surface area contributed by atoms with Gasteiger partial charge in [-0.2, -0.15) is 0 Å². The molecule has 0 spiro atoms. The van der Waals surface area contributed by atoms with Crippen molar-refractivity contribution >= 4 is 34.2 Å². The second-order valence-electron chi connectivity index (χ2n) is 7.81. The molecule has 0 aliphatic carbocycles. The number of nitrogens with one attached hydrogen (secondary N) is 2. The van der Waals surface area contributed by atoms with Gasteiger partial charge in [-0.05, 0) is 54.6 Å². The largest absolute Gasteiger partial charge is 0.338 e. The number of halogens is 3. The lowest BCUT2D eigenvalue weighted by Crippen LogP contribution is -2.29. The third-order valence-corrected chi connectivity index (χ3v) is 5.85. The third kappa shape index (κ3) is 4.43. The fourth-order valence-electron chi connectivity index (χ4n) is 3.75. The van der Waals surface area contributed by atoms with E-state index in [1.165, 1.54) is 24.4 Å². The Morgan fingerprint density at radius 3 is 2.54 bits per heavy atom. The maximum atomic E-state index is 14.0. The number of benzene rings is 3. The van der Waals surface area contributed by atoms with E-state index in [0.717, 1.165) is 27.7 Å². The lowest BCUT2D eigenvalue weighted by atomic mass is 10.1. The summed E-state index contributed by atoms with van der Waals surface area (Å²) in [6, 6.07) is 18.7.